The summed E-state index contributed by atoms with van der Waals surface area (Å²) in [6.45, 7) is 0. The summed E-state index contributed by atoms with van der Waals surface area (Å²) in [5.74, 6) is 1.04. The zero-order valence-electron chi connectivity index (χ0n) is 19.0. The SMILES string of the molecule is NS(=O)(=O)c1ccc(N2C(=S)N(c3ccccc3)C(=Nc3ccccc3)C2=Nc2ccccc2)cc1. The van der Waals surface area contributed by atoms with Crippen molar-refractivity contribution in [2.45, 2.75) is 4.90 Å². The summed E-state index contributed by atoms with van der Waals surface area (Å²) in [6.07, 6.45) is 0. The number of anilines is 2. The van der Waals surface area contributed by atoms with Gasteiger partial charge in [0, 0.05) is 5.69 Å². The first kappa shape index (κ1) is 23.6. The summed E-state index contributed by atoms with van der Waals surface area (Å²) < 4.78 is 23.6. The zero-order valence-corrected chi connectivity index (χ0v) is 20.6. The zero-order chi connectivity index (χ0) is 25.1. The number of rotatable bonds is 5. The molecule has 2 N–H and O–H groups in total. The molecule has 0 atom stereocenters. The van der Waals surface area contributed by atoms with Crippen molar-refractivity contribution < 1.29 is 8.42 Å². The van der Waals surface area contributed by atoms with E-state index in [2.05, 4.69) is 0 Å². The van der Waals surface area contributed by atoms with Crippen LogP contribution in [0.2, 0.25) is 0 Å². The van der Waals surface area contributed by atoms with Gasteiger partial charge < -0.3 is 0 Å². The van der Waals surface area contributed by atoms with E-state index in [9.17, 15) is 8.42 Å². The number of hydrogen-bond donors (Lipinski definition) is 1. The molecular formula is C27H21N5O2S2. The van der Waals surface area contributed by atoms with Crippen LogP contribution in [0, 0.1) is 0 Å². The van der Waals surface area contributed by atoms with E-state index in [0.717, 1.165) is 17.1 Å². The lowest BCUT2D eigenvalue weighted by molar-refractivity contribution is 0.598. The average Bonchev–Trinajstić information content (AvgIpc) is 3.15. The molecule has 0 aliphatic carbocycles. The molecule has 4 aromatic carbocycles. The lowest BCUT2D eigenvalue weighted by Gasteiger charge is -2.20. The van der Waals surface area contributed by atoms with Crippen molar-refractivity contribution in [3.05, 3.63) is 115 Å². The Labute approximate surface area is 214 Å². The summed E-state index contributed by atoms with van der Waals surface area (Å²) in [5, 5.41) is 5.73. The van der Waals surface area contributed by atoms with Gasteiger partial charge in [-0.2, -0.15) is 0 Å². The Morgan fingerprint density at radius 1 is 0.583 bits per heavy atom. The average molecular weight is 512 g/mol. The molecule has 0 aromatic heterocycles. The molecule has 36 heavy (non-hydrogen) atoms. The van der Waals surface area contributed by atoms with Gasteiger partial charge in [0.05, 0.1) is 22.0 Å². The maximum atomic E-state index is 11.8. The molecule has 0 amide bonds. The number of primary sulfonamides is 1. The normalized spacial score (nSPS) is 16.2. The topological polar surface area (TPSA) is 91.4 Å². The third-order valence-corrected chi connectivity index (χ3v) is 6.72. The molecule has 1 heterocycles. The number of aliphatic imine (C=N–C) groups is 2. The van der Waals surface area contributed by atoms with Gasteiger partial charge in [0.2, 0.25) is 10.0 Å². The fraction of sp³-hybridized carbons (Fsp3) is 0. The van der Waals surface area contributed by atoms with E-state index in [0.29, 0.717) is 22.5 Å². The van der Waals surface area contributed by atoms with E-state index in [1.165, 1.54) is 12.1 Å². The molecular weight excluding hydrogens is 490 g/mol. The Morgan fingerprint density at radius 2 is 0.972 bits per heavy atom. The Hall–Kier alpha value is -4.18. The van der Waals surface area contributed by atoms with Crippen LogP contribution in [-0.2, 0) is 10.0 Å². The summed E-state index contributed by atoms with van der Waals surface area (Å²) in [5.41, 5.74) is 2.91. The van der Waals surface area contributed by atoms with Gasteiger partial charge in [-0.3, -0.25) is 9.80 Å². The molecule has 1 fully saturated rings. The minimum absolute atomic E-state index is 0.0102. The number of nitrogens with zero attached hydrogens (tertiary/aromatic N) is 4. The molecule has 0 spiro atoms. The van der Waals surface area contributed by atoms with Crippen LogP contribution < -0.4 is 14.9 Å². The number of amidine groups is 2. The summed E-state index contributed by atoms with van der Waals surface area (Å²) >= 11 is 5.97. The van der Waals surface area contributed by atoms with Crippen LogP contribution in [0.25, 0.3) is 0 Å². The Kier molecular flexibility index (Phi) is 6.43. The van der Waals surface area contributed by atoms with Crippen molar-refractivity contribution in [2.75, 3.05) is 9.80 Å². The molecule has 0 radical (unpaired) electrons. The Balaban J connectivity index is 1.74. The first-order chi connectivity index (χ1) is 17.4. The highest BCUT2D eigenvalue weighted by atomic mass is 32.2. The summed E-state index contributed by atoms with van der Waals surface area (Å²) in [4.78, 5) is 13.5. The fourth-order valence-corrected chi connectivity index (χ4v) is 4.66. The van der Waals surface area contributed by atoms with Gasteiger partial charge in [-0.1, -0.05) is 54.6 Å². The van der Waals surface area contributed by atoms with E-state index in [4.69, 9.17) is 27.3 Å². The maximum Gasteiger partial charge on any atom is 0.238 e. The molecule has 178 valence electrons. The van der Waals surface area contributed by atoms with Crippen molar-refractivity contribution in [3.8, 4) is 0 Å². The highest BCUT2D eigenvalue weighted by Crippen LogP contribution is 2.31. The van der Waals surface area contributed by atoms with Crippen LogP contribution in [0.15, 0.2) is 130 Å². The van der Waals surface area contributed by atoms with Gasteiger partial charge in [-0.25, -0.2) is 23.5 Å². The highest BCUT2D eigenvalue weighted by molar-refractivity contribution is 7.89. The van der Waals surface area contributed by atoms with Gasteiger partial charge in [0.15, 0.2) is 16.8 Å². The maximum absolute atomic E-state index is 11.8. The third kappa shape index (κ3) is 4.80. The minimum Gasteiger partial charge on any atom is -0.268 e. The predicted octanol–water partition coefficient (Wildman–Crippen LogP) is 5.41. The Bertz CT molecular complexity index is 1560. The first-order valence-corrected chi connectivity index (χ1v) is 13.0. The Morgan fingerprint density at radius 3 is 1.39 bits per heavy atom. The van der Waals surface area contributed by atoms with E-state index >= 15 is 0 Å². The lowest BCUT2D eigenvalue weighted by Crippen LogP contribution is -2.33. The predicted molar refractivity (Wildman–Crippen MR) is 149 cm³/mol. The van der Waals surface area contributed by atoms with Crippen molar-refractivity contribution >= 4 is 61.8 Å². The van der Waals surface area contributed by atoms with Crippen LogP contribution in [0.4, 0.5) is 22.7 Å². The quantitative estimate of drug-likeness (QED) is 0.362. The van der Waals surface area contributed by atoms with Crippen molar-refractivity contribution in [3.63, 3.8) is 0 Å². The second-order valence-electron chi connectivity index (χ2n) is 7.87. The van der Waals surface area contributed by atoms with Gasteiger partial charge in [0.1, 0.15) is 0 Å². The number of benzene rings is 4. The number of nitrogens with two attached hydrogens (primary N) is 1. The van der Waals surface area contributed by atoms with Crippen molar-refractivity contribution in [1.82, 2.24) is 0 Å². The fourth-order valence-electron chi connectivity index (χ4n) is 3.76. The second-order valence-corrected chi connectivity index (χ2v) is 9.80. The van der Waals surface area contributed by atoms with Gasteiger partial charge in [0.25, 0.3) is 0 Å². The van der Waals surface area contributed by atoms with E-state index in [1.54, 1.807) is 17.0 Å². The number of para-hydroxylation sites is 3. The number of thiocarbonyl (C=S) groups is 1. The van der Waals surface area contributed by atoms with Crippen LogP contribution in [0.5, 0.6) is 0 Å². The van der Waals surface area contributed by atoms with Crippen molar-refractivity contribution in [2.24, 2.45) is 15.1 Å². The third-order valence-electron chi connectivity index (χ3n) is 5.43. The van der Waals surface area contributed by atoms with Crippen LogP contribution in [0.3, 0.4) is 0 Å². The largest absolute Gasteiger partial charge is 0.268 e. The lowest BCUT2D eigenvalue weighted by atomic mass is 10.2. The molecule has 1 aliphatic heterocycles. The molecule has 0 bridgehead atoms. The van der Waals surface area contributed by atoms with Gasteiger partial charge in [-0.15, -0.1) is 0 Å². The summed E-state index contributed by atoms with van der Waals surface area (Å²) in [7, 11) is -3.84. The first-order valence-electron chi connectivity index (χ1n) is 11.0. The highest BCUT2D eigenvalue weighted by Gasteiger charge is 2.40. The minimum atomic E-state index is -3.84. The molecule has 4 aromatic rings. The van der Waals surface area contributed by atoms with E-state index in [1.807, 2.05) is 95.9 Å². The van der Waals surface area contributed by atoms with Gasteiger partial charge in [-0.05, 0) is 72.9 Å². The molecule has 5 rings (SSSR count). The molecule has 0 unspecified atom stereocenters. The summed E-state index contributed by atoms with van der Waals surface area (Å²) in [6, 6.07) is 35.0. The number of hydrogen-bond acceptors (Lipinski definition) is 5. The van der Waals surface area contributed by atoms with Gasteiger partial charge >= 0.3 is 0 Å². The van der Waals surface area contributed by atoms with E-state index in [-0.39, 0.29) is 4.90 Å². The van der Waals surface area contributed by atoms with Crippen LogP contribution >= 0.6 is 12.2 Å². The van der Waals surface area contributed by atoms with E-state index < -0.39 is 10.0 Å². The second kappa shape index (κ2) is 9.82. The molecule has 0 saturated carbocycles. The smallest absolute Gasteiger partial charge is 0.238 e. The van der Waals surface area contributed by atoms with Crippen LogP contribution in [-0.4, -0.2) is 25.2 Å². The molecule has 7 nitrogen and oxygen atoms in total. The molecule has 9 heteroatoms. The monoisotopic (exact) mass is 511 g/mol. The van der Waals surface area contributed by atoms with Crippen molar-refractivity contribution in [1.29, 1.82) is 0 Å². The molecule has 1 saturated heterocycles. The molecule has 1 aliphatic rings. The standard InChI is InChI=1S/C27H21N5O2S2/c28-36(33,34)24-18-16-23(17-19-24)32-26(30-21-12-6-2-7-13-21)25(29-20-10-4-1-5-11-20)31(27(32)35)22-14-8-3-9-15-22/h1-19H,(H2,28,33,34). The number of sulfonamides is 1. The van der Waals surface area contributed by atoms with Crippen LogP contribution in [0.1, 0.15) is 0 Å².